The van der Waals surface area contributed by atoms with Gasteiger partial charge in [0.1, 0.15) is 6.04 Å². The first-order valence-electron chi connectivity index (χ1n) is 5.85. The highest BCUT2D eigenvalue weighted by molar-refractivity contribution is 7.89. The van der Waals surface area contributed by atoms with Gasteiger partial charge in [-0.25, -0.2) is 8.42 Å². The number of rotatable bonds is 3. The second-order valence-corrected chi connectivity index (χ2v) is 6.82. The molecule has 1 aromatic carbocycles. The minimum atomic E-state index is -3.80. The molecule has 7 heteroatoms. The molecule has 0 radical (unpaired) electrons. The maximum atomic E-state index is 12.4. The van der Waals surface area contributed by atoms with Crippen LogP contribution in [0, 0.1) is 6.92 Å². The lowest BCUT2D eigenvalue weighted by atomic mass is 10.2. The fraction of sp³-hybridized carbons (Fsp3) is 0.417. The Hall–Kier alpha value is -1.11. The highest BCUT2D eigenvalue weighted by Gasteiger charge is 2.39. The van der Waals surface area contributed by atoms with Gasteiger partial charge in [-0.2, -0.15) is 4.31 Å². The molecule has 1 fully saturated rings. The Balaban J connectivity index is 2.42. The summed E-state index contributed by atoms with van der Waals surface area (Å²) in [6.45, 7) is 2.00. The van der Waals surface area contributed by atoms with E-state index in [-0.39, 0.29) is 11.4 Å². The number of halogens is 1. The van der Waals surface area contributed by atoms with Crippen LogP contribution < -0.4 is 0 Å². The quantitative estimate of drug-likeness (QED) is 0.925. The molecule has 1 atom stereocenters. The topological polar surface area (TPSA) is 74.7 Å². The molecule has 1 N–H and O–H groups in total. The van der Waals surface area contributed by atoms with Gasteiger partial charge in [-0.3, -0.25) is 4.79 Å². The van der Waals surface area contributed by atoms with Gasteiger partial charge in [0, 0.05) is 11.6 Å². The van der Waals surface area contributed by atoms with Crippen molar-refractivity contribution in [1.29, 1.82) is 0 Å². The lowest BCUT2D eigenvalue weighted by Gasteiger charge is -2.21. The molecule has 5 nitrogen and oxygen atoms in total. The van der Waals surface area contributed by atoms with E-state index in [1.54, 1.807) is 13.0 Å². The van der Waals surface area contributed by atoms with Crippen molar-refractivity contribution in [3.8, 4) is 0 Å². The van der Waals surface area contributed by atoms with Crippen molar-refractivity contribution < 1.29 is 18.3 Å². The molecule has 1 aliphatic heterocycles. The van der Waals surface area contributed by atoms with Crippen molar-refractivity contribution in [1.82, 2.24) is 4.31 Å². The summed E-state index contributed by atoms with van der Waals surface area (Å²) in [5.41, 5.74) is 0.775. The highest BCUT2D eigenvalue weighted by Crippen LogP contribution is 2.28. The molecule has 2 rings (SSSR count). The second-order valence-electron chi connectivity index (χ2n) is 4.52. The van der Waals surface area contributed by atoms with Crippen LogP contribution in [0.4, 0.5) is 0 Å². The molecule has 1 heterocycles. The van der Waals surface area contributed by atoms with Gasteiger partial charge in [-0.1, -0.05) is 17.7 Å². The summed E-state index contributed by atoms with van der Waals surface area (Å²) in [4.78, 5) is 11.1. The van der Waals surface area contributed by atoms with Gasteiger partial charge in [0.25, 0.3) is 0 Å². The van der Waals surface area contributed by atoms with Crippen LogP contribution >= 0.6 is 11.6 Å². The number of sulfonamides is 1. The number of carboxylic acids is 1. The van der Waals surface area contributed by atoms with Gasteiger partial charge < -0.3 is 5.11 Å². The van der Waals surface area contributed by atoms with Gasteiger partial charge in [-0.15, -0.1) is 0 Å². The Labute approximate surface area is 116 Å². The second kappa shape index (κ2) is 5.11. The van der Waals surface area contributed by atoms with Crippen LogP contribution in [0.25, 0.3) is 0 Å². The van der Waals surface area contributed by atoms with Crippen molar-refractivity contribution in [3.05, 3.63) is 28.8 Å². The number of carboxylic acid groups (broad SMARTS) is 1. The van der Waals surface area contributed by atoms with Crippen molar-refractivity contribution >= 4 is 27.6 Å². The number of aliphatic carboxylic acids is 1. The average Bonchev–Trinajstić information content (AvgIpc) is 2.82. The van der Waals surface area contributed by atoms with Gasteiger partial charge in [0.2, 0.25) is 10.0 Å². The third-order valence-electron chi connectivity index (χ3n) is 3.24. The third-order valence-corrected chi connectivity index (χ3v) is 5.55. The minimum Gasteiger partial charge on any atom is -0.480 e. The van der Waals surface area contributed by atoms with Crippen LogP contribution in [0.3, 0.4) is 0 Å². The number of hydrogen-bond acceptors (Lipinski definition) is 3. The van der Waals surface area contributed by atoms with Crippen LogP contribution in [0.2, 0.25) is 5.02 Å². The van der Waals surface area contributed by atoms with E-state index in [9.17, 15) is 13.2 Å². The Morgan fingerprint density at radius 1 is 1.47 bits per heavy atom. The molecular formula is C12H14ClNO4S. The SMILES string of the molecule is Cc1ccc(S(=O)(=O)N2CCC[C@@H]2C(=O)O)cc1Cl. The van der Waals surface area contributed by atoms with Crippen LogP contribution in [-0.4, -0.2) is 36.4 Å². The van der Waals surface area contributed by atoms with Gasteiger partial charge in [0.05, 0.1) is 4.90 Å². The highest BCUT2D eigenvalue weighted by atomic mass is 35.5. The predicted octanol–water partition coefficient (Wildman–Crippen LogP) is 1.89. The number of aryl methyl sites for hydroxylation is 1. The summed E-state index contributed by atoms with van der Waals surface area (Å²) in [7, 11) is -3.80. The fourth-order valence-corrected chi connectivity index (χ4v) is 4.07. The summed E-state index contributed by atoms with van der Waals surface area (Å²) in [6, 6.07) is 3.45. The fourth-order valence-electron chi connectivity index (χ4n) is 2.14. The zero-order valence-corrected chi connectivity index (χ0v) is 11.9. The molecule has 19 heavy (non-hydrogen) atoms. The van der Waals surface area contributed by atoms with E-state index in [0.717, 1.165) is 9.87 Å². The molecule has 0 unspecified atom stereocenters. The van der Waals surface area contributed by atoms with E-state index in [1.165, 1.54) is 12.1 Å². The van der Waals surface area contributed by atoms with Crippen molar-refractivity contribution in [2.45, 2.75) is 30.7 Å². The van der Waals surface area contributed by atoms with Crippen molar-refractivity contribution in [3.63, 3.8) is 0 Å². The van der Waals surface area contributed by atoms with E-state index < -0.39 is 22.0 Å². The van der Waals surface area contributed by atoms with E-state index in [2.05, 4.69) is 0 Å². The summed E-state index contributed by atoms with van der Waals surface area (Å²) in [5, 5.41) is 9.41. The normalized spacial score (nSPS) is 20.6. The Morgan fingerprint density at radius 3 is 2.74 bits per heavy atom. The molecule has 0 saturated carbocycles. The zero-order chi connectivity index (χ0) is 14.2. The molecular weight excluding hydrogens is 290 g/mol. The zero-order valence-electron chi connectivity index (χ0n) is 10.3. The summed E-state index contributed by atoms with van der Waals surface area (Å²) >= 11 is 5.93. The first-order chi connectivity index (χ1) is 8.84. The van der Waals surface area contributed by atoms with Crippen LogP contribution in [0.5, 0.6) is 0 Å². The average molecular weight is 304 g/mol. The van der Waals surface area contributed by atoms with Crippen molar-refractivity contribution in [2.75, 3.05) is 6.54 Å². The van der Waals surface area contributed by atoms with Gasteiger partial charge in [0.15, 0.2) is 0 Å². The number of hydrogen-bond donors (Lipinski definition) is 1. The number of carbonyl (C=O) groups is 1. The Kier molecular flexibility index (Phi) is 3.85. The lowest BCUT2D eigenvalue weighted by molar-refractivity contribution is -0.140. The molecule has 104 valence electrons. The first-order valence-corrected chi connectivity index (χ1v) is 7.66. The molecule has 0 amide bonds. The molecule has 0 bridgehead atoms. The summed E-state index contributed by atoms with van der Waals surface area (Å²) in [5.74, 6) is -1.11. The van der Waals surface area contributed by atoms with Gasteiger partial charge in [-0.05, 0) is 37.5 Å². The van der Waals surface area contributed by atoms with Gasteiger partial charge >= 0.3 is 5.97 Å². The molecule has 0 aliphatic carbocycles. The van der Waals surface area contributed by atoms with E-state index in [1.807, 2.05) is 0 Å². The standard InChI is InChI=1S/C12H14ClNO4S/c1-8-4-5-9(7-10(8)13)19(17,18)14-6-2-3-11(14)12(15)16/h4-5,7,11H,2-3,6H2,1H3,(H,15,16)/t11-/m1/s1. The summed E-state index contributed by atoms with van der Waals surface area (Å²) in [6.07, 6.45) is 0.893. The largest absolute Gasteiger partial charge is 0.480 e. The monoisotopic (exact) mass is 303 g/mol. The predicted molar refractivity (Wildman–Crippen MR) is 70.7 cm³/mol. The molecule has 1 aromatic rings. The maximum Gasteiger partial charge on any atom is 0.322 e. The van der Waals surface area contributed by atoms with E-state index in [0.29, 0.717) is 17.9 Å². The first kappa shape index (κ1) is 14.3. The van der Waals surface area contributed by atoms with Crippen LogP contribution in [0.15, 0.2) is 23.1 Å². The maximum absolute atomic E-state index is 12.4. The Bertz CT molecular complexity index is 614. The summed E-state index contributed by atoms with van der Waals surface area (Å²) < 4.78 is 25.9. The molecule has 1 aliphatic rings. The molecule has 0 aromatic heterocycles. The molecule has 1 saturated heterocycles. The minimum absolute atomic E-state index is 0.0382. The smallest absolute Gasteiger partial charge is 0.322 e. The van der Waals surface area contributed by atoms with Crippen LogP contribution in [-0.2, 0) is 14.8 Å². The molecule has 0 spiro atoms. The van der Waals surface area contributed by atoms with Crippen molar-refractivity contribution in [2.24, 2.45) is 0 Å². The third kappa shape index (κ3) is 2.61. The number of benzene rings is 1. The van der Waals surface area contributed by atoms with E-state index >= 15 is 0 Å². The van der Waals surface area contributed by atoms with E-state index in [4.69, 9.17) is 16.7 Å². The Morgan fingerprint density at radius 2 is 2.16 bits per heavy atom. The lowest BCUT2D eigenvalue weighted by Crippen LogP contribution is -2.40. The van der Waals surface area contributed by atoms with Crippen LogP contribution in [0.1, 0.15) is 18.4 Å². The number of nitrogens with zero attached hydrogens (tertiary/aromatic N) is 1.